The quantitative estimate of drug-likeness (QED) is 0.684. The molecule has 0 radical (unpaired) electrons. The fourth-order valence-corrected chi connectivity index (χ4v) is 1.31. The monoisotopic (exact) mass is 222 g/mol. The number of esters is 1. The number of nitrogens with zero attached hydrogens (tertiary/aromatic N) is 1. The molecular formula is C9H16F2N2O2. The minimum Gasteiger partial charge on any atom is -0.463 e. The van der Waals surface area contributed by atoms with Gasteiger partial charge in [0.2, 0.25) is 0 Å². The highest BCUT2D eigenvalue weighted by Crippen LogP contribution is 2.25. The highest BCUT2D eigenvalue weighted by molar-refractivity contribution is 5.76. The van der Waals surface area contributed by atoms with Crippen LogP contribution in [-0.2, 0) is 9.53 Å². The van der Waals surface area contributed by atoms with E-state index in [0.29, 0.717) is 6.54 Å². The van der Waals surface area contributed by atoms with E-state index in [4.69, 9.17) is 4.74 Å². The molecule has 0 saturated carbocycles. The third kappa shape index (κ3) is 4.09. The van der Waals surface area contributed by atoms with E-state index < -0.39 is 30.9 Å². The lowest BCUT2D eigenvalue weighted by atomic mass is 10.2. The lowest BCUT2D eigenvalue weighted by Gasteiger charge is -2.12. The van der Waals surface area contributed by atoms with Gasteiger partial charge in [-0.1, -0.05) is 0 Å². The lowest BCUT2D eigenvalue weighted by molar-refractivity contribution is -0.146. The van der Waals surface area contributed by atoms with Crippen molar-refractivity contribution in [1.29, 1.82) is 0 Å². The van der Waals surface area contributed by atoms with Gasteiger partial charge in [-0.25, -0.2) is 8.78 Å². The van der Waals surface area contributed by atoms with Crippen LogP contribution in [0.2, 0.25) is 0 Å². The zero-order valence-electron chi connectivity index (χ0n) is 8.93. The standard InChI is InChI=1S/C9H16F2N2O2/c1-13(2)3-4-15-8(14)7-5-9(10,11)6-12-7/h7,12H,3-6H2,1-2H3. The predicted molar refractivity (Wildman–Crippen MR) is 50.9 cm³/mol. The van der Waals surface area contributed by atoms with Crippen LogP contribution < -0.4 is 5.32 Å². The number of halogens is 2. The van der Waals surface area contributed by atoms with E-state index in [-0.39, 0.29) is 6.61 Å². The maximum absolute atomic E-state index is 12.7. The molecule has 6 heteroatoms. The van der Waals surface area contributed by atoms with Gasteiger partial charge in [-0.3, -0.25) is 10.1 Å². The summed E-state index contributed by atoms with van der Waals surface area (Å²) in [4.78, 5) is 13.1. The Labute approximate surface area is 87.6 Å². The number of likely N-dealkylation sites (N-methyl/N-ethyl adjacent to an activating group) is 1. The lowest BCUT2D eigenvalue weighted by Crippen LogP contribution is -2.33. The second kappa shape index (κ2) is 4.85. The number of carbonyl (C=O) groups is 1. The van der Waals surface area contributed by atoms with Crippen molar-refractivity contribution in [1.82, 2.24) is 10.2 Å². The van der Waals surface area contributed by atoms with Gasteiger partial charge in [0, 0.05) is 13.0 Å². The van der Waals surface area contributed by atoms with Gasteiger partial charge in [-0.15, -0.1) is 0 Å². The second-order valence-electron chi connectivity index (χ2n) is 3.96. The van der Waals surface area contributed by atoms with Crippen molar-refractivity contribution in [2.45, 2.75) is 18.4 Å². The van der Waals surface area contributed by atoms with Crippen LogP contribution in [0.15, 0.2) is 0 Å². The van der Waals surface area contributed by atoms with Crippen molar-refractivity contribution in [2.24, 2.45) is 0 Å². The number of carbonyl (C=O) groups excluding carboxylic acids is 1. The summed E-state index contributed by atoms with van der Waals surface area (Å²) in [5, 5.41) is 2.45. The van der Waals surface area contributed by atoms with Crippen molar-refractivity contribution in [2.75, 3.05) is 33.8 Å². The molecule has 1 heterocycles. The van der Waals surface area contributed by atoms with Gasteiger partial charge >= 0.3 is 5.97 Å². The molecule has 0 amide bonds. The van der Waals surface area contributed by atoms with E-state index in [1.807, 2.05) is 19.0 Å². The molecule has 0 aromatic carbocycles. The number of hydrogen-bond donors (Lipinski definition) is 1. The molecule has 0 aromatic heterocycles. The normalized spacial score (nSPS) is 24.5. The average molecular weight is 222 g/mol. The van der Waals surface area contributed by atoms with Crippen LogP contribution in [0, 0.1) is 0 Å². The van der Waals surface area contributed by atoms with Crippen LogP contribution in [0.25, 0.3) is 0 Å². The Morgan fingerprint density at radius 2 is 2.27 bits per heavy atom. The molecule has 0 bridgehead atoms. The maximum Gasteiger partial charge on any atom is 0.323 e. The summed E-state index contributed by atoms with van der Waals surface area (Å²) in [6.45, 7) is 0.380. The molecule has 1 saturated heterocycles. The summed E-state index contributed by atoms with van der Waals surface area (Å²) in [7, 11) is 3.69. The van der Waals surface area contributed by atoms with Gasteiger partial charge in [0.05, 0.1) is 6.54 Å². The van der Waals surface area contributed by atoms with Crippen LogP contribution in [0.3, 0.4) is 0 Å². The van der Waals surface area contributed by atoms with Gasteiger partial charge in [0.25, 0.3) is 5.92 Å². The van der Waals surface area contributed by atoms with Crippen molar-refractivity contribution in [3.63, 3.8) is 0 Å². The van der Waals surface area contributed by atoms with Gasteiger partial charge in [-0.2, -0.15) is 0 Å². The van der Waals surface area contributed by atoms with E-state index in [9.17, 15) is 13.6 Å². The second-order valence-corrected chi connectivity index (χ2v) is 3.96. The fraction of sp³-hybridized carbons (Fsp3) is 0.889. The third-order valence-corrected chi connectivity index (χ3v) is 2.18. The number of alkyl halides is 2. The third-order valence-electron chi connectivity index (χ3n) is 2.18. The van der Waals surface area contributed by atoms with Gasteiger partial charge in [0.15, 0.2) is 0 Å². The first-order chi connectivity index (χ1) is 6.91. The van der Waals surface area contributed by atoms with Gasteiger partial charge in [0.1, 0.15) is 12.6 Å². The SMILES string of the molecule is CN(C)CCOC(=O)C1CC(F)(F)CN1. The summed E-state index contributed by atoms with van der Waals surface area (Å²) in [6, 6.07) is -0.859. The Morgan fingerprint density at radius 3 is 2.73 bits per heavy atom. The summed E-state index contributed by atoms with van der Waals surface area (Å²) < 4.78 is 30.3. The molecule has 15 heavy (non-hydrogen) atoms. The minimum atomic E-state index is -2.79. The molecule has 1 unspecified atom stereocenters. The molecule has 88 valence electrons. The molecule has 0 aromatic rings. The van der Waals surface area contributed by atoms with Crippen molar-refractivity contribution >= 4 is 5.97 Å². The Morgan fingerprint density at radius 1 is 1.60 bits per heavy atom. The van der Waals surface area contributed by atoms with Crippen LogP contribution in [0.1, 0.15) is 6.42 Å². The predicted octanol–water partition coefficient (Wildman–Crippen LogP) is 0.0884. The smallest absolute Gasteiger partial charge is 0.323 e. The first kappa shape index (κ1) is 12.3. The summed E-state index contributed by atoms with van der Waals surface area (Å²) >= 11 is 0. The van der Waals surface area contributed by atoms with Crippen LogP contribution in [-0.4, -0.2) is 56.6 Å². The fourth-order valence-electron chi connectivity index (χ4n) is 1.31. The number of ether oxygens (including phenoxy) is 1. The Balaban J connectivity index is 2.24. The van der Waals surface area contributed by atoms with E-state index in [1.165, 1.54) is 0 Å². The Bertz CT molecular complexity index is 234. The summed E-state index contributed by atoms with van der Waals surface area (Å²) in [6.07, 6.45) is -0.464. The van der Waals surface area contributed by atoms with Gasteiger partial charge < -0.3 is 9.64 Å². The zero-order valence-corrected chi connectivity index (χ0v) is 8.93. The van der Waals surface area contributed by atoms with Crippen LogP contribution >= 0.6 is 0 Å². The van der Waals surface area contributed by atoms with Crippen LogP contribution in [0.4, 0.5) is 8.78 Å². The van der Waals surface area contributed by atoms with Crippen molar-refractivity contribution < 1.29 is 18.3 Å². The number of hydrogen-bond acceptors (Lipinski definition) is 4. The molecule has 1 atom stereocenters. The topological polar surface area (TPSA) is 41.6 Å². The minimum absolute atomic E-state index is 0.232. The molecule has 0 aliphatic carbocycles. The zero-order chi connectivity index (χ0) is 11.5. The van der Waals surface area contributed by atoms with Gasteiger partial charge in [-0.05, 0) is 14.1 Å². The number of rotatable bonds is 4. The molecule has 1 fully saturated rings. The molecule has 1 N–H and O–H groups in total. The largest absolute Gasteiger partial charge is 0.463 e. The maximum atomic E-state index is 12.7. The molecule has 1 aliphatic rings. The molecular weight excluding hydrogens is 206 g/mol. The first-order valence-electron chi connectivity index (χ1n) is 4.83. The molecule has 1 rings (SSSR count). The highest BCUT2D eigenvalue weighted by Gasteiger charge is 2.42. The van der Waals surface area contributed by atoms with E-state index in [2.05, 4.69) is 5.32 Å². The summed E-state index contributed by atoms with van der Waals surface area (Å²) in [5.41, 5.74) is 0. The highest BCUT2D eigenvalue weighted by atomic mass is 19.3. The van der Waals surface area contributed by atoms with E-state index in [0.717, 1.165) is 0 Å². The molecule has 4 nitrogen and oxygen atoms in total. The van der Waals surface area contributed by atoms with Crippen LogP contribution in [0.5, 0.6) is 0 Å². The summed E-state index contributed by atoms with van der Waals surface area (Å²) in [5.74, 6) is -3.38. The Kier molecular flexibility index (Phi) is 3.98. The average Bonchev–Trinajstić information content (AvgIpc) is 2.45. The van der Waals surface area contributed by atoms with Crippen molar-refractivity contribution in [3.8, 4) is 0 Å². The number of nitrogens with one attached hydrogen (secondary N) is 1. The van der Waals surface area contributed by atoms with E-state index >= 15 is 0 Å². The molecule has 1 aliphatic heterocycles. The van der Waals surface area contributed by atoms with E-state index in [1.54, 1.807) is 0 Å². The van der Waals surface area contributed by atoms with Crippen molar-refractivity contribution in [3.05, 3.63) is 0 Å². The first-order valence-corrected chi connectivity index (χ1v) is 4.83. The Hall–Kier alpha value is -0.750. The molecule has 0 spiro atoms.